The Morgan fingerprint density at radius 3 is 3.00 bits per heavy atom. The second-order valence-corrected chi connectivity index (χ2v) is 5.92. The van der Waals surface area contributed by atoms with Gasteiger partial charge in [-0.05, 0) is 44.3 Å². The molecule has 0 aromatic rings. The predicted octanol–water partition coefficient (Wildman–Crippen LogP) is 2.60. The Hall–Kier alpha value is 0.01000. The van der Waals surface area contributed by atoms with E-state index in [9.17, 15) is 0 Å². The molecule has 1 aliphatic heterocycles. The fraction of sp³-hybridized carbons (Fsp3) is 0.833. The summed E-state index contributed by atoms with van der Waals surface area (Å²) >= 11 is 2.09. The molecule has 3 N–H and O–H groups in total. The summed E-state index contributed by atoms with van der Waals surface area (Å²) < 4.78 is 0. The molecule has 2 atom stereocenters. The maximum atomic E-state index is 5.73. The van der Waals surface area contributed by atoms with E-state index < -0.39 is 0 Å². The van der Waals surface area contributed by atoms with Gasteiger partial charge in [0.15, 0.2) is 0 Å². The van der Waals surface area contributed by atoms with E-state index in [-0.39, 0.29) is 0 Å². The van der Waals surface area contributed by atoms with Crippen LogP contribution in [-0.2, 0) is 0 Å². The average Bonchev–Trinajstić information content (AvgIpc) is 2.63. The van der Waals surface area contributed by atoms with Gasteiger partial charge >= 0.3 is 0 Å². The van der Waals surface area contributed by atoms with Crippen molar-refractivity contribution in [3.63, 3.8) is 0 Å². The minimum atomic E-state index is 0.440. The SMILES string of the molecule is NNC(C1=CCCCCC1)C1CCCS1. The van der Waals surface area contributed by atoms with Crippen molar-refractivity contribution in [3.8, 4) is 0 Å². The van der Waals surface area contributed by atoms with Gasteiger partial charge in [0, 0.05) is 5.25 Å². The van der Waals surface area contributed by atoms with Crippen LogP contribution in [0.3, 0.4) is 0 Å². The highest BCUT2D eigenvalue weighted by Crippen LogP contribution is 2.33. The first-order chi connectivity index (χ1) is 7.42. The molecule has 1 saturated heterocycles. The van der Waals surface area contributed by atoms with Gasteiger partial charge in [-0.15, -0.1) is 0 Å². The lowest BCUT2D eigenvalue weighted by atomic mass is 9.97. The standard InChI is InChI=1S/C12H22N2S/c13-14-12(11-8-5-9-15-11)10-6-3-1-2-4-7-10/h6,11-12,14H,1-5,7-9,13H2. The molecule has 2 aliphatic rings. The van der Waals surface area contributed by atoms with Crippen molar-refractivity contribution in [2.45, 2.75) is 56.2 Å². The van der Waals surface area contributed by atoms with Gasteiger partial charge in [-0.2, -0.15) is 11.8 Å². The molecule has 2 nitrogen and oxygen atoms in total. The molecule has 0 amide bonds. The van der Waals surface area contributed by atoms with Gasteiger partial charge < -0.3 is 0 Å². The minimum absolute atomic E-state index is 0.440. The summed E-state index contributed by atoms with van der Waals surface area (Å²) in [5.41, 5.74) is 4.63. The maximum absolute atomic E-state index is 5.73. The number of hydrogen-bond acceptors (Lipinski definition) is 3. The topological polar surface area (TPSA) is 38.0 Å². The first-order valence-electron chi connectivity index (χ1n) is 6.18. The predicted molar refractivity (Wildman–Crippen MR) is 67.8 cm³/mol. The van der Waals surface area contributed by atoms with Gasteiger partial charge in [0.25, 0.3) is 0 Å². The summed E-state index contributed by atoms with van der Waals surface area (Å²) in [6, 6.07) is 0.440. The summed E-state index contributed by atoms with van der Waals surface area (Å²) in [5.74, 6) is 7.05. The molecule has 0 bridgehead atoms. The quantitative estimate of drug-likeness (QED) is 0.441. The van der Waals surface area contributed by atoms with Gasteiger partial charge in [0.2, 0.25) is 0 Å². The van der Waals surface area contributed by atoms with Crippen LogP contribution in [-0.4, -0.2) is 17.0 Å². The summed E-state index contributed by atoms with van der Waals surface area (Å²) in [4.78, 5) is 0. The van der Waals surface area contributed by atoms with Crippen molar-refractivity contribution in [2.75, 3.05) is 5.75 Å². The Morgan fingerprint density at radius 2 is 2.27 bits per heavy atom. The monoisotopic (exact) mass is 226 g/mol. The number of rotatable bonds is 3. The fourth-order valence-electron chi connectivity index (χ4n) is 2.64. The third-order valence-corrected chi connectivity index (χ3v) is 4.95. The fourth-order valence-corrected chi connectivity index (χ4v) is 4.06. The number of nitrogens with two attached hydrogens (primary N) is 1. The van der Waals surface area contributed by atoms with Gasteiger partial charge in [0.1, 0.15) is 0 Å². The van der Waals surface area contributed by atoms with Crippen molar-refractivity contribution in [1.82, 2.24) is 5.43 Å². The molecule has 0 spiro atoms. The van der Waals surface area contributed by atoms with E-state index in [1.54, 1.807) is 5.57 Å². The zero-order valence-corrected chi connectivity index (χ0v) is 10.2. The van der Waals surface area contributed by atoms with Crippen LogP contribution in [0.5, 0.6) is 0 Å². The summed E-state index contributed by atoms with van der Waals surface area (Å²) in [5, 5.41) is 0.722. The minimum Gasteiger partial charge on any atom is -0.271 e. The molecule has 1 aliphatic carbocycles. The lowest BCUT2D eigenvalue weighted by Crippen LogP contribution is -2.43. The number of hydrazine groups is 1. The van der Waals surface area contributed by atoms with Gasteiger partial charge in [-0.3, -0.25) is 11.3 Å². The Kier molecular flexibility index (Phi) is 4.54. The van der Waals surface area contributed by atoms with Crippen LogP contribution in [0.1, 0.15) is 44.9 Å². The van der Waals surface area contributed by atoms with Crippen LogP contribution in [0.15, 0.2) is 11.6 Å². The molecule has 1 heterocycles. The first-order valence-corrected chi connectivity index (χ1v) is 7.23. The Labute approximate surface area is 97.0 Å². The average molecular weight is 226 g/mol. The number of nitrogens with one attached hydrogen (secondary N) is 1. The smallest absolute Gasteiger partial charge is 0.0538 e. The van der Waals surface area contributed by atoms with Crippen LogP contribution in [0.25, 0.3) is 0 Å². The third-order valence-electron chi connectivity index (χ3n) is 3.49. The van der Waals surface area contributed by atoms with E-state index in [1.165, 1.54) is 50.7 Å². The molecule has 3 heteroatoms. The molecule has 0 aromatic heterocycles. The van der Waals surface area contributed by atoms with E-state index >= 15 is 0 Å². The lowest BCUT2D eigenvalue weighted by molar-refractivity contribution is 0.535. The zero-order valence-electron chi connectivity index (χ0n) is 9.37. The molecular formula is C12H22N2S. The summed E-state index contributed by atoms with van der Waals surface area (Å²) in [6.45, 7) is 0. The molecule has 86 valence electrons. The molecule has 2 unspecified atom stereocenters. The van der Waals surface area contributed by atoms with Crippen LogP contribution in [0.4, 0.5) is 0 Å². The molecule has 2 rings (SSSR count). The van der Waals surface area contributed by atoms with E-state index in [4.69, 9.17) is 5.84 Å². The Morgan fingerprint density at radius 1 is 1.33 bits per heavy atom. The van der Waals surface area contributed by atoms with E-state index in [0.29, 0.717) is 6.04 Å². The molecular weight excluding hydrogens is 204 g/mol. The molecule has 1 fully saturated rings. The van der Waals surface area contributed by atoms with E-state index in [0.717, 1.165) is 5.25 Å². The van der Waals surface area contributed by atoms with E-state index in [2.05, 4.69) is 23.3 Å². The highest BCUT2D eigenvalue weighted by atomic mass is 32.2. The molecule has 0 radical (unpaired) electrons. The first kappa shape index (κ1) is 11.5. The number of allylic oxidation sites excluding steroid dienone is 1. The van der Waals surface area contributed by atoms with Crippen LogP contribution in [0.2, 0.25) is 0 Å². The Balaban J connectivity index is 2.00. The van der Waals surface area contributed by atoms with Crippen LogP contribution in [0, 0.1) is 0 Å². The lowest BCUT2D eigenvalue weighted by Gasteiger charge is -2.24. The highest BCUT2D eigenvalue weighted by molar-refractivity contribution is 8.00. The second kappa shape index (κ2) is 5.92. The van der Waals surface area contributed by atoms with Gasteiger partial charge in [0.05, 0.1) is 6.04 Å². The number of hydrogen-bond donors (Lipinski definition) is 2. The Bertz CT molecular complexity index is 222. The normalized spacial score (nSPS) is 29.7. The summed E-state index contributed by atoms with van der Waals surface area (Å²) in [7, 11) is 0. The van der Waals surface area contributed by atoms with Crippen molar-refractivity contribution < 1.29 is 0 Å². The molecule has 15 heavy (non-hydrogen) atoms. The second-order valence-electron chi connectivity index (χ2n) is 4.57. The van der Waals surface area contributed by atoms with Gasteiger partial charge in [-0.25, -0.2) is 0 Å². The van der Waals surface area contributed by atoms with Crippen LogP contribution < -0.4 is 11.3 Å². The van der Waals surface area contributed by atoms with Crippen molar-refractivity contribution in [2.24, 2.45) is 5.84 Å². The summed E-state index contributed by atoms with van der Waals surface area (Å²) in [6.07, 6.45) is 11.7. The van der Waals surface area contributed by atoms with Crippen molar-refractivity contribution in [3.05, 3.63) is 11.6 Å². The van der Waals surface area contributed by atoms with E-state index in [1.807, 2.05) is 0 Å². The maximum Gasteiger partial charge on any atom is 0.0538 e. The van der Waals surface area contributed by atoms with Crippen molar-refractivity contribution >= 4 is 11.8 Å². The van der Waals surface area contributed by atoms with Crippen molar-refractivity contribution in [1.29, 1.82) is 0 Å². The number of thioether (sulfide) groups is 1. The molecule has 0 saturated carbocycles. The third kappa shape index (κ3) is 2.99. The highest BCUT2D eigenvalue weighted by Gasteiger charge is 2.27. The van der Waals surface area contributed by atoms with Gasteiger partial charge in [-0.1, -0.05) is 18.1 Å². The largest absolute Gasteiger partial charge is 0.271 e. The zero-order chi connectivity index (χ0) is 10.5. The molecule has 0 aromatic carbocycles. The van der Waals surface area contributed by atoms with Crippen LogP contribution >= 0.6 is 11.8 Å².